The maximum atomic E-state index is 12.7. The first-order valence-electron chi connectivity index (χ1n) is 9.72. The van der Waals surface area contributed by atoms with Crippen LogP contribution in [0.25, 0.3) is 0 Å². The monoisotopic (exact) mass is 373 g/mol. The number of hydrogen-bond acceptors (Lipinski definition) is 4. The first kappa shape index (κ1) is 21.0. The van der Waals surface area contributed by atoms with Crippen LogP contribution in [0.5, 0.6) is 5.75 Å². The van der Waals surface area contributed by atoms with Gasteiger partial charge in [0.1, 0.15) is 5.75 Å². The molecule has 1 aromatic carbocycles. The van der Waals surface area contributed by atoms with Crippen molar-refractivity contribution >= 4 is 11.9 Å². The maximum absolute atomic E-state index is 12.7. The predicted molar refractivity (Wildman–Crippen MR) is 106 cm³/mol. The SMILES string of the molecule is COC(=O)CCN(CCC1=CCCCC1)C(=O)COc1cc(C)ccc1C. The van der Waals surface area contributed by atoms with Crippen molar-refractivity contribution in [1.29, 1.82) is 0 Å². The van der Waals surface area contributed by atoms with Crippen molar-refractivity contribution in [3.05, 3.63) is 41.0 Å². The molecule has 1 aromatic rings. The number of carbonyl (C=O) groups is 2. The van der Waals surface area contributed by atoms with E-state index in [-0.39, 0.29) is 24.9 Å². The maximum Gasteiger partial charge on any atom is 0.307 e. The molecule has 0 saturated heterocycles. The fourth-order valence-corrected chi connectivity index (χ4v) is 3.19. The number of carbonyl (C=O) groups excluding carboxylic acids is 2. The Morgan fingerprint density at radius 1 is 1.15 bits per heavy atom. The lowest BCUT2D eigenvalue weighted by Gasteiger charge is -2.24. The van der Waals surface area contributed by atoms with Crippen LogP contribution in [0.3, 0.4) is 0 Å². The van der Waals surface area contributed by atoms with Gasteiger partial charge >= 0.3 is 5.97 Å². The summed E-state index contributed by atoms with van der Waals surface area (Å²) >= 11 is 0. The highest BCUT2D eigenvalue weighted by molar-refractivity contribution is 5.78. The van der Waals surface area contributed by atoms with Crippen molar-refractivity contribution in [3.8, 4) is 5.75 Å². The number of allylic oxidation sites excluding steroid dienone is 1. The van der Waals surface area contributed by atoms with E-state index in [9.17, 15) is 9.59 Å². The van der Waals surface area contributed by atoms with Gasteiger partial charge in [-0.05, 0) is 63.1 Å². The van der Waals surface area contributed by atoms with Gasteiger partial charge in [0.05, 0.1) is 13.5 Å². The van der Waals surface area contributed by atoms with Gasteiger partial charge in [0.15, 0.2) is 6.61 Å². The summed E-state index contributed by atoms with van der Waals surface area (Å²) in [6, 6.07) is 5.94. The van der Waals surface area contributed by atoms with Crippen molar-refractivity contribution < 1.29 is 19.1 Å². The Kier molecular flexibility index (Phi) is 8.37. The van der Waals surface area contributed by atoms with E-state index in [4.69, 9.17) is 9.47 Å². The standard InChI is InChI=1S/C22H31NO4/c1-17-9-10-18(2)20(15-17)27-16-21(24)23(14-12-22(25)26-3)13-11-19-7-5-4-6-8-19/h7,9-10,15H,4-6,8,11-14,16H2,1-3H3. The van der Waals surface area contributed by atoms with Gasteiger partial charge in [0, 0.05) is 13.1 Å². The van der Waals surface area contributed by atoms with Crippen LogP contribution in [-0.4, -0.2) is 43.6 Å². The molecule has 0 radical (unpaired) electrons. The molecule has 0 unspecified atom stereocenters. The second-order valence-electron chi connectivity index (χ2n) is 7.12. The average Bonchev–Trinajstić information content (AvgIpc) is 2.69. The molecule has 5 nitrogen and oxygen atoms in total. The first-order valence-corrected chi connectivity index (χ1v) is 9.72. The minimum absolute atomic E-state index is 0.0233. The summed E-state index contributed by atoms with van der Waals surface area (Å²) in [5, 5.41) is 0. The molecular weight excluding hydrogens is 342 g/mol. The number of amides is 1. The zero-order valence-electron chi connectivity index (χ0n) is 16.8. The summed E-state index contributed by atoms with van der Waals surface area (Å²) in [4.78, 5) is 25.9. The molecule has 27 heavy (non-hydrogen) atoms. The fourth-order valence-electron chi connectivity index (χ4n) is 3.19. The fraction of sp³-hybridized carbons (Fsp3) is 0.545. The number of esters is 1. The van der Waals surface area contributed by atoms with Crippen LogP contribution >= 0.6 is 0 Å². The Morgan fingerprint density at radius 3 is 2.67 bits per heavy atom. The van der Waals surface area contributed by atoms with Gasteiger partial charge in [-0.3, -0.25) is 9.59 Å². The molecule has 0 atom stereocenters. The third-order valence-electron chi connectivity index (χ3n) is 4.95. The molecule has 2 rings (SSSR count). The first-order chi connectivity index (χ1) is 13.0. The van der Waals surface area contributed by atoms with Crippen LogP contribution in [0.4, 0.5) is 0 Å². The van der Waals surface area contributed by atoms with Gasteiger partial charge in [-0.1, -0.05) is 23.8 Å². The molecule has 5 heteroatoms. The zero-order chi connectivity index (χ0) is 19.6. The van der Waals surface area contributed by atoms with Crippen LogP contribution in [-0.2, 0) is 14.3 Å². The number of hydrogen-bond donors (Lipinski definition) is 0. The number of methoxy groups -OCH3 is 1. The third-order valence-corrected chi connectivity index (χ3v) is 4.95. The smallest absolute Gasteiger partial charge is 0.307 e. The minimum atomic E-state index is -0.305. The van der Waals surface area contributed by atoms with E-state index in [1.165, 1.54) is 25.5 Å². The molecule has 0 spiro atoms. The number of rotatable bonds is 9. The minimum Gasteiger partial charge on any atom is -0.483 e. The van der Waals surface area contributed by atoms with E-state index >= 15 is 0 Å². The Morgan fingerprint density at radius 2 is 1.96 bits per heavy atom. The van der Waals surface area contributed by atoms with Gasteiger partial charge in [0.2, 0.25) is 0 Å². The highest BCUT2D eigenvalue weighted by Gasteiger charge is 2.17. The summed E-state index contributed by atoms with van der Waals surface area (Å²) in [6.45, 7) is 4.90. The average molecular weight is 373 g/mol. The molecule has 0 fully saturated rings. The molecule has 0 N–H and O–H groups in total. The molecule has 0 saturated carbocycles. The van der Waals surface area contributed by atoms with Gasteiger partial charge in [-0.25, -0.2) is 0 Å². The quantitative estimate of drug-likeness (QED) is 0.486. The molecule has 0 heterocycles. The van der Waals surface area contributed by atoms with Crippen LogP contribution in [0.1, 0.15) is 49.7 Å². The van der Waals surface area contributed by atoms with Crippen LogP contribution in [0, 0.1) is 13.8 Å². The lowest BCUT2D eigenvalue weighted by atomic mass is 9.97. The van der Waals surface area contributed by atoms with E-state index < -0.39 is 0 Å². The Bertz CT molecular complexity index is 681. The molecule has 1 aliphatic rings. The molecule has 1 amide bonds. The Hall–Kier alpha value is -2.30. The van der Waals surface area contributed by atoms with Crippen molar-refractivity contribution in [2.45, 2.75) is 52.4 Å². The summed E-state index contributed by atoms with van der Waals surface area (Å²) in [6.07, 6.45) is 8.05. The Balaban J connectivity index is 1.94. The van der Waals surface area contributed by atoms with E-state index in [2.05, 4.69) is 6.08 Å². The number of aryl methyl sites for hydroxylation is 2. The normalized spacial score (nSPS) is 13.7. The highest BCUT2D eigenvalue weighted by atomic mass is 16.5. The van der Waals surface area contributed by atoms with Crippen LogP contribution in [0.2, 0.25) is 0 Å². The van der Waals surface area contributed by atoms with E-state index in [1.54, 1.807) is 4.90 Å². The number of nitrogens with zero attached hydrogens (tertiary/aromatic N) is 1. The van der Waals surface area contributed by atoms with Crippen LogP contribution < -0.4 is 4.74 Å². The van der Waals surface area contributed by atoms with Gasteiger partial charge < -0.3 is 14.4 Å². The van der Waals surface area contributed by atoms with Crippen molar-refractivity contribution in [1.82, 2.24) is 4.90 Å². The number of ether oxygens (including phenoxy) is 2. The summed E-state index contributed by atoms with van der Waals surface area (Å²) < 4.78 is 10.5. The van der Waals surface area contributed by atoms with E-state index in [0.717, 1.165) is 36.1 Å². The molecule has 0 aromatic heterocycles. The summed E-state index contributed by atoms with van der Waals surface area (Å²) in [5.74, 6) is 0.322. The second-order valence-corrected chi connectivity index (χ2v) is 7.12. The van der Waals surface area contributed by atoms with E-state index in [0.29, 0.717) is 13.1 Å². The topological polar surface area (TPSA) is 55.8 Å². The predicted octanol–water partition coefficient (Wildman–Crippen LogP) is 3.96. The van der Waals surface area contributed by atoms with Crippen molar-refractivity contribution in [3.63, 3.8) is 0 Å². The van der Waals surface area contributed by atoms with Gasteiger partial charge in [-0.15, -0.1) is 0 Å². The van der Waals surface area contributed by atoms with Gasteiger partial charge in [0.25, 0.3) is 5.91 Å². The van der Waals surface area contributed by atoms with E-state index in [1.807, 2.05) is 32.0 Å². The second kappa shape index (κ2) is 10.8. The third kappa shape index (κ3) is 7.08. The van der Waals surface area contributed by atoms with Gasteiger partial charge in [-0.2, -0.15) is 0 Å². The molecule has 0 aliphatic heterocycles. The summed E-state index contributed by atoms with van der Waals surface area (Å²) in [5.41, 5.74) is 3.50. The zero-order valence-corrected chi connectivity index (χ0v) is 16.8. The Labute approximate surface area is 162 Å². The lowest BCUT2D eigenvalue weighted by molar-refractivity contribution is -0.142. The molecule has 1 aliphatic carbocycles. The summed E-state index contributed by atoms with van der Waals surface area (Å²) in [7, 11) is 1.37. The lowest BCUT2D eigenvalue weighted by Crippen LogP contribution is -2.37. The highest BCUT2D eigenvalue weighted by Crippen LogP contribution is 2.21. The largest absolute Gasteiger partial charge is 0.483 e. The number of benzene rings is 1. The van der Waals surface area contributed by atoms with Crippen molar-refractivity contribution in [2.75, 3.05) is 26.8 Å². The molecule has 148 valence electrons. The molecular formula is C22H31NO4. The molecule has 0 bridgehead atoms. The van der Waals surface area contributed by atoms with Crippen LogP contribution in [0.15, 0.2) is 29.8 Å². The van der Waals surface area contributed by atoms with Crippen molar-refractivity contribution in [2.24, 2.45) is 0 Å².